The van der Waals surface area contributed by atoms with Gasteiger partial charge in [0, 0.05) is 57.2 Å². The van der Waals surface area contributed by atoms with E-state index in [2.05, 4.69) is 52.7 Å². The minimum Gasteiger partial charge on any atom is -0.369 e. The fourth-order valence-electron chi connectivity index (χ4n) is 4.87. The number of hydrogen-bond donors (Lipinski definition) is 5. The van der Waals surface area contributed by atoms with Crippen LogP contribution in [0.1, 0.15) is 23.1 Å². The summed E-state index contributed by atoms with van der Waals surface area (Å²) >= 11 is 0. The van der Waals surface area contributed by atoms with Crippen molar-refractivity contribution >= 4 is 39.2 Å². The number of carbonyl (C=O) groups excluding carboxylic acids is 1. The summed E-state index contributed by atoms with van der Waals surface area (Å²) in [4.78, 5) is 25.4. The van der Waals surface area contributed by atoms with Crippen LogP contribution in [0.4, 0.5) is 41.1 Å². The molecule has 0 saturated carbocycles. The molecular formula is C30H34F3N9O3S. The Morgan fingerprint density at radius 2 is 1.89 bits per heavy atom. The Balaban J connectivity index is 1.21. The topological polar surface area (TPSA) is 144 Å². The van der Waals surface area contributed by atoms with E-state index >= 15 is 0 Å². The lowest BCUT2D eigenvalue weighted by Gasteiger charge is -2.33. The zero-order valence-corrected chi connectivity index (χ0v) is 25.9. The predicted octanol–water partition coefficient (Wildman–Crippen LogP) is 3.25. The van der Waals surface area contributed by atoms with E-state index in [1.807, 2.05) is 11.9 Å². The number of carbonyl (C=O) groups is 1. The van der Waals surface area contributed by atoms with Crippen LogP contribution in [0.3, 0.4) is 0 Å². The number of urea groups is 1. The van der Waals surface area contributed by atoms with E-state index in [0.29, 0.717) is 43.1 Å². The Labute approximate surface area is 265 Å². The zero-order valence-electron chi connectivity index (χ0n) is 25.0. The van der Waals surface area contributed by atoms with Crippen molar-refractivity contribution in [1.82, 2.24) is 29.8 Å². The van der Waals surface area contributed by atoms with Crippen molar-refractivity contribution in [2.75, 3.05) is 68.8 Å². The highest BCUT2D eigenvalue weighted by atomic mass is 32.2. The Bertz CT molecular complexity index is 1730. The number of fused-ring (bicyclic) bond motifs is 4. The van der Waals surface area contributed by atoms with Gasteiger partial charge in [-0.05, 0) is 49.4 Å². The summed E-state index contributed by atoms with van der Waals surface area (Å²) in [5, 5.41) is 11.1. The Hall–Kier alpha value is -4.43. The van der Waals surface area contributed by atoms with Crippen molar-refractivity contribution in [3.8, 4) is 11.8 Å². The number of amides is 2. The van der Waals surface area contributed by atoms with Crippen LogP contribution in [0, 0.1) is 11.8 Å². The summed E-state index contributed by atoms with van der Waals surface area (Å²) in [6.45, 7) is 3.60. The van der Waals surface area contributed by atoms with E-state index in [1.54, 1.807) is 12.1 Å². The van der Waals surface area contributed by atoms with Crippen molar-refractivity contribution < 1.29 is 26.4 Å². The maximum absolute atomic E-state index is 13.9. The van der Waals surface area contributed by atoms with Crippen molar-refractivity contribution in [3.05, 3.63) is 65.4 Å². The third-order valence-corrected chi connectivity index (χ3v) is 8.81. The molecule has 12 nitrogen and oxygen atoms in total. The third-order valence-electron chi connectivity index (χ3n) is 7.35. The van der Waals surface area contributed by atoms with Gasteiger partial charge < -0.3 is 26.2 Å². The number of alkyl halides is 3. The summed E-state index contributed by atoms with van der Waals surface area (Å²) < 4.78 is 69.3. The van der Waals surface area contributed by atoms with Crippen LogP contribution in [-0.4, -0.2) is 87.1 Å². The van der Waals surface area contributed by atoms with Gasteiger partial charge in [0.25, 0.3) is 0 Å². The number of hydrogen-bond acceptors (Lipinski definition) is 9. The second kappa shape index (κ2) is 14.3. The van der Waals surface area contributed by atoms with E-state index in [4.69, 9.17) is 0 Å². The average Bonchev–Trinajstić information content (AvgIpc) is 3.01. The molecule has 0 unspecified atom stereocenters. The lowest BCUT2D eigenvalue weighted by Crippen LogP contribution is -2.44. The second-order valence-electron chi connectivity index (χ2n) is 10.8. The molecule has 3 aromatic rings. The molecule has 2 aliphatic rings. The predicted molar refractivity (Wildman–Crippen MR) is 168 cm³/mol. The van der Waals surface area contributed by atoms with E-state index in [1.165, 1.54) is 30.5 Å². The van der Waals surface area contributed by atoms with E-state index in [9.17, 15) is 26.4 Å². The molecule has 16 heteroatoms. The number of sulfonamides is 1. The molecule has 0 spiro atoms. The van der Waals surface area contributed by atoms with Gasteiger partial charge in [0.05, 0.1) is 28.8 Å². The summed E-state index contributed by atoms with van der Waals surface area (Å²) in [5.74, 6) is 6.32. The summed E-state index contributed by atoms with van der Waals surface area (Å²) in [6.07, 6.45) is -2.62. The lowest BCUT2D eigenvalue weighted by molar-refractivity contribution is -0.138. The number of nitrogens with zero attached hydrogens (tertiary/aromatic N) is 4. The highest BCUT2D eigenvalue weighted by Gasteiger charge is 2.34. The number of nitrogens with one attached hydrogen (secondary N) is 5. The van der Waals surface area contributed by atoms with Crippen molar-refractivity contribution in [1.29, 1.82) is 0 Å². The highest BCUT2D eigenvalue weighted by Crippen LogP contribution is 2.34. The monoisotopic (exact) mass is 657 g/mol. The first kappa shape index (κ1) is 32.9. The average molecular weight is 658 g/mol. The highest BCUT2D eigenvalue weighted by molar-refractivity contribution is 7.89. The standard InChI is InChI=1S/C30H34F3N9O3S/c1-41-13-15-42(16-14-41)20-22-8-9-24(18-26(22)30(31,32)33)39-29(43)35-10-3-5-21-19-36-28-38-23-6-2-7-25(17-23)46(44,45)37-12-4-11-34-27(21)40-28/h2,6-9,17-19,37H,4,10-16,20H2,1H3,(H2,35,39,43)(H2,34,36,38,40). The van der Waals surface area contributed by atoms with E-state index < -0.39 is 27.8 Å². The molecule has 1 saturated heterocycles. The van der Waals surface area contributed by atoms with Gasteiger partial charge in [0.1, 0.15) is 5.82 Å². The Kier molecular flexibility index (Phi) is 10.3. The van der Waals surface area contributed by atoms with Crippen LogP contribution in [-0.2, 0) is 22.7 Å². The SMILES string of the molecule is CN1CCN(Cc2ccc(NC(=O)NCC#Cc3cnc4nc3NCCCNS(=O)(=O)c3cccc(c3)N4)cc2C(F)(F)F)CC1. The molecule has 2 amide bonds. The van der Waals surface area contributed by atoms with Gasteiger partial charge in [0.2, 0.25) is 16.0 Å². The summed E-state index contributed by atoms with van der Waals surface area (Å²) in [7, 11) is -1.70. The molecule has 1 aromatic heterocycles. The molecule has 46 heavy (non-hydrogen) atoms. The number of anilines is 4. The zero-order chi connectivity index (χ0) is 32.7. The van der Waals surface area contributed by atoms with Crippen LogP contribution in [0.2, 0.25) is 0 Å². The number of rotatable bonds is 4. The molecule has 0 atom stereocenters. The minimum atomic E-state index is -4.57. The van der Waals surface area contributed by atoms with Gasteiger partial charge in [-0.3, -0.25) is 4.90 Å². The van der Waals surface area contributed by atoms with Gasteiger partial charge in [0.15, 0.2) is 0 Å². The van der Waals surface area contributed by atoms with Gasteiger partial charge in [-0.25, -0.2) is 22.9 Å². The van der Waals surface area contributed by atoms with Gasteiger partial charge in [-0.1, -0.05) is 24.0 Å². The molecule has 2 aromatic carbocycles. The first-order valence-electron chi connectivity index (χ1n) is 14.6. The molecule has 4 bridgehead atoms. The van der Waals surface area contributed by atoms with Crippen LogP contribution >= 0.6 is 0 Å². The molecule has 244 valence electrons. The van der Waals surface area contributed by atoms with Crippen molar-refractivity contribution in [2.24, 2.45) is 0 Å². The molecular weight excluding hydrogens is 623 g/mol. The second-order valence-corrected chi connectivity index (χ2v) is 12.6. The van der Waals surface area contributed by atoms with Crippen LogP contribution < -0.4 is 26.0 Å². The summed E-state index contributed by atoms with van der Waals surface area (Å²) in [6, 6.07) is 9.37. The van der Waals surface area contributed by atoms with E-state index in [-0.39, 0.29) is 41.7 Å². The van der Waals surface area contributed by atoms with Crippen LogP contribution in [0.25, 0.3) is 0 Å². The maximum Gasteiger partial charge on any atom is 0.416 e. The fraction of sp³-hybridized carbons (Fsp3) is 0.367. The van der Waals surface area contributed by atoms with Crippen LogP contribution in [0.5, 0.6) is 0 Å². The number of piperazine rings is 1. The fourth-order valence-corrected chi connectivity index (χ4v) is 5.99. The number of benzene rings is 2. The first-order chi connectivity index (χ1) is 22.0. The van der Waals surface area contributed by atoms with E-state index in [0.717, 1.165) is 19.2 Å². The molecule has 1 fully saturated rings. The molecule has 5 rings (SSSR count). The smallest absolute Gasteiger partial charge is 0.369 e. The largest absolute Gasteiger partial charge is 0.416 e. The van der Waals surface area contributed by atoms with Gasteiger partial charge in [-0.2, -0.15) is 18.2 Å². The Morgan fingerprint density at radius 3 is 2.67 bits per heavy atom. The summed E-state index contributed by atoms with van der Waals surface area (Å²) in [5.41, 5.74) is 0.300. The van der Waals surface area contributed by atoms with Crippen LogP contribution in [0.15, 0.2) is 53.6 Å². The quantitative estimate of drug-likeness (QED) is 0.267. The molecule has 0 aliphatic carbocycles. The molecule has 5 N–H and O–H groups in total. The number of halogens is 3. The molecule has 0 radical (unpaired) electrons. The Morgan fingerprint density at radius 1 is 1.09 bits per heavy atom. The molecule has 3 heterocycles. The molecule has 2 aliphatic heterocycles. The lowest BCUT2D eigenvalue weighted by atomic mass is 10.0. The number of aromatic nitrogens is 2. The van der Waals surface area contributed by atoms with Gasteiger partial charge in [-0.15, -0.1) is 0 Å². The first-order valence-corrected chi connectivity index (χ1v) is 16.1. The van der Waals surface area contributed by atoms with Crippen molar-refractivity contribution in [3.63, 3.8) is 0 Å². The normalized spacial score (nSPS) is 17.0. The van der Waals surface area contributed by atoms with Crippen molar-refractivity contribution in [2.45, 2.75) is 24.0 Å². The van der Waals surface area contributed by atoms with Gasteiger partial charge >= 0.3 is 12.2 Å². The maximum atomic E-state index is 13.9. The number of likely N-dealkylation sites (N-methyl/N-ethyl adjacent to an activating group) is 1. The third kappa shape index (κ3) is 8.85. The minimum absolute atomic E-state index is 0.0136.